The number of benzene rings is 1. The Kier molecular flexibility index (Phi) is 8.12. The fourth-order valence-corrected chi connectivity index (χ4v) is 1.12. The highest BCUT2D eigenvalue weighted by Crippen LogP contribution is 2.16. The lowest BCUT2D eigenvalue weighted by Crippen LogP contribution is -2.12. The molecule has 0 atom stereocenters. The van der Waals surface area contributed by atoms with Crippen LogP contribution in [-0.2, 0) is 6.54 Å². The molecule has 13 heavy (non-hydrogen) atoms. The first-order chi connectivity index (χ1) is 5.25. The van der Waals surface area contributed by atoms with Crippen LogP contribution in [0.1, 0.15) is 5.56 Å². The van der Waals surface area contributed by atoms with Crippen molar-refractivity contribution in [3.8, 4) is 0 Å². The maximum atomic E-state index is 5.56. The Labute approximate surface area is 91.9 Å². The van der Waals surface area contributed by atoms with E-state index in [-0.39, 0.29) is 24.8 Å². The lowest BCUT2D eigenvalue weighted by Gasteiger charge is -2.15. The van der Waals surface area contributed by atoms with Gasteiger partial charge in [0.2, 0.25) is 0 Å². The second kappa shape index (κ2) is 7.01. The largest absolute Gasteiger partial charge is 0.377 e. The fourth-order valence-electron chi connectivity index (χ4n) is 1.12. The van der Waals surface area contributed by atoms with Gasteiger partial charge in [-0.05, 0) is 11.6 Å². The van der Waals surface area contributed by atoms with Gasteiger partial charge in [0.05, 0.1) is 0 Å². The van der Waals surface area contributed by atoms with Gasteiger partial charge in [0.15, 0.2) is 0 Å². The predicted molar refractivity (Wildman–Crippen MR) is 63.2 cm³/mol. The first kappa shape index (κ1) is 15.1. The molecule has 2 N–H and O–H groups in total. The van der Waals surface area contributed by atoms with Gasteiger partial charge in [-0.25, -0.2) is 0 Å². The van der Waals surface area contributed by atoms with E-state index in [1.165, 1.54) is 11.3 Å². The SMILES string of the molecule is CN(C)c1ccccc1CN.Cl.Cl. The molecular weight excluding hydrogens is 207 g/mol. The second-order valence-corrected chi connectivity index (χ2v) is 2.73. The molecule has 0 bridgehead atoms. The van der Waals surface area contributed by atoms with Crippen molar-refractivity contribution in [3.63, 3.8) is 0 Å². The van der Waals surface area contributed by atoms with Gasteiger partial charge in [0, 0.05) is 26.3 Å². The number of halogens is 2. The predicted octanol–water partition coefficient (Wildman–Crippen LogP) is 2.05. The van der Waals surface area contributed by atoms with Crippen molar-refractivity contribution in [1.29, 1.82) is 0 Å². The van der Waals surface area contributed by atoms with E-state index < -0.39 is 0 Å². The summed E-state index contributed by atoms with van der Waals surface area (Å²) in [6, 6.07) is 8.15. The summed E-state index contributed by atoms with van der Waals surface area (Å²) in [5, 5.41) is 0. The molecule has 0 unspecified atom stereocenters. The molecule has 1 aromatic carbocycles. The van der Waals surface area contributed by atoms with Gasteiger partial charge in [-0.1, -0.05) is 18.2 Å². The average molecular weight is 223 g/mol. The topological polar surface area (TPSA) is 29.3 Å². The molecule has 1 rings (SSSR count). The van der Waals surface area contributed by atoms with Crippen molar-refractivity contribution in [2.45, 2.75) is 6.54 Å². The van der Waals surface area contributed by atoms with Gasteiger partial charge in [-0.15, -0.1) is 24.8 Å². The van der Waals surface area contributed by atoms with Crippen LogP contribution in [-0.4, -0.2) is 14.1 Å². The minimum atomic E-state index is 0. The minimum Gasteiger partial charge on any atom is -0.377 e. The molecule has 0 spiro atoms. The van der Waals surface area contributed by atoms with Gasteiger partial charge in [-0.2, -0.15) is 0 Å². The summed E-state index contributed by atoms with van der Waals surface area (Å²) >= 11 is 0. The van der Waals surface area contributed by atoms with E-state index in [1.54, 1.807) is 0 Å². The smallest absolute Gasteiger partial charge is 0.0406 e. The van der Waals surface area contributed by atoms with Gasteiger partial charge in [-0.3, -0.25) is 0 Å². The van der Waals surface area contributed by atoms with Crippen LogP contribution in [0.15, 0.2) is 24.3 Å². The van der Waals surface area contributed by atoms with E-state index in [1.807, 2.05) is 26.2 Å². The van der Waals surface area contributed by atoms with Crippen molar-refractivity contribution in [1.82, 2.24) is 0 Å². The third-order valence-corrected chi connectivity index (χ3v) is 1.69. The molecular formula is C9H16Cl2N2. The van der Waals surface area contributed by atoms with Gasteiger partial charge >= 0.3 is 0 Å². The molecule has 0 saturated heterocycles. The highest BCUT2D eigenvalue weighted by molar-refractivity contribution is 5.85. The molecule has 0 fully saturated rings. The Morgan fingerprint density at radius 2 is 1.69 bits per heavy atom. The van der Waals surface area contributed by atoms with Crippen LogP contribution < -0.4 is 10.6 Å². The maximum absolute atomic E-state index is 5.56. The summed E-state index contributed by atoms with van der Waals surface area (Å²) in [6.45, 7) is 0.606. The molecule has 2 nitrogen and oxygen atoms in total. The molecule has 0 heterocycles. The second-order valence-electron chi connectivity index (χ2n) is 2.73. The fraction of sp³-hybridized carbons (Fsp3) is 0.333. The quantitative estimate of drug-likeness (QED) is 0.831. The molecule has 4 heteroatoms. The molecule has 0 aliphatic heterocycles. The van der Waals surface area contributed by atoms with Crippen LogP contribution in [0.4, 0.5) is 5.69 Å². The van der Waals surface area contributed by atoms with E-state index >= 15 is 0 Å². The third kappa shape index (κ3) is 3.85. The summed E-state index contributed by atoms with van der Waals surface area (Å²) in [4.78, 5) is 2.07. The molecule has 0 aliphatic carbocycles. The zero-order valence-corrected chi connectivity index (χ0v) is 9.49. The van der Waals surface area contributed by atoms with Crippen molar-refractivity contribution >= 4 is 30.5 Å². The first-order valence-corrected chi connectivity index (χ1v) is 3.71. The van der Waals surface area contributed by atoms with Crippen LogP contribution in [0.25, 0.3) is 0 Å². The summed E-state index contributed by atoms with van der Waals surface area (Å²) < 4.78 is 0. The molecule has 0 aliphatic rings. The third-order valence-electron chi connectivity index (χ3n) is 1.69. The first-order valence-electron chi connectivity index (χ1n) is 3.71. The number of hydrogen-bond donors (Lipinski definition) is 1. The van der Waals surface area contributed by atoms with Crippen molar-refractivity contribution in [3.05, 3.63) is 29.8 Å². The minimum absolute atomic E-state index is 0. The standard InChI is InChI=1S/C9H14N2.2ClH/c1-11(2)9-6-4-3-5-8(9)7-10;;/h3-6H,7,10H2,1-2H3;2*1H. The van der Waals surface area contributed by atoms with Crippen LogP contribution >= 0.6 is 24.8 Å². The summed E-state index contributed by atoms with van der Waals surface area (Å²) in [5.41, 5.74) is 7.96. The Bertz CT molecular complexity index is 239. The highest BCUT2D eigenvalue weighted by Gasteiger charge is 1.99. The van der Waals surface area contributed by atoms with Crippen LogP contribution in [0, 0.1) is 0 Å². The van der Waals surface area contributed by atoms with Crippen LogP contribution in [0.3, 0.4) is 0 Å². The Balaban J connectivity index is 0. The number of nitrogens with zero attached hydrogens (tertiary/aromatic N) is 1. The van der Waals surface area contributed by atoms with Crippen molar-refractivity contribution < 1.29 is 0 Å². The van der Waals surface area contributed by atoms with E-state index in [0.717, 1.165) is 0 Å². The highest BCUT2D eigenvalue weighted by atomic mass is 35.5. The molecule has 76 valence electrons. The Morgan fingerprint density at radius 3 is 2.08 bits per heavy atom. The van der Waals surface area contributed by atoms with Crippen LogP contribution in [0.5, 0.6) is 0 Å². The van der Waals surface area contributed by atoms with Gasteiger partial charge < -0.3 is 10.6 Å². The molecule has 0 amide bonds. The lowest BCUT2D eigenvalue weighted by atomic mass is 10.2. The number of rotatable bonds is 2. The van der Waals surface area contributed by atoms with Crippen molar-refractivity contribution in [2.75, 3.05) is 19.0 Å². The molecule has 0 radical (unpaired) electrons. The summed E-state index contributed by atoms with van der Waals surface area (Å²) in [6.07, 6.45) is 0. The number of para-hydroxylation sites is 1. The maximum Gasteiger partial charge on any atom is 0.0406 e. The Morgan fingerprint density at radius 1 is 1.15 bits per heavy atom. The van der Waals surface area contributed by atoms with Gasteiger partial charge in [0.1, 0.15) is 0 Å². The molecule has 1 aromatic rings. The van der Waals surface area contributed by atoms with E-state index in [9.17, 15) is 0 Å². The van der Waals surface area contributed by atoms with Crippen molar-refractivity contribution in [2.24, 2.45) is 5.73 Å². The van der Waals surface area contributed by atoms with E-state index in [4.69, 9.17) is 5.73 Å². The molecule has 0 saturated carbocycles. The normalized spacial score (nSPS) is 8.23. The summed E-state index contributed by atoms with van der Waals surface area (Å²) in [7, 11) is 4.04. The lowest BCUT2D eigenvalue weighted by molar-refractivity contribution is 1.03. The monoisotopic (exact) mass is 222 g/mol. The van der Waals surface area contributed by atoms with Gasteiger partial charge in [0.25, 0.3) is 0 Å². The van der Waals surface area contributed by atoms with E-state index in [0.29, 0.717) is 6.54 Å². The number of anilines is 1. The molecule has 0 aromatic heterocycles. The number of hydrogen-bond acceptors (Lipinski definition) is 2. The van der Waals surface area contributed by atoms with E-state index in [2.05, 4.69) is 17.0 Å². The Hall–Kier alpha value is -0.440. The zero-order chi connectivity index (χ0) is 8.27. The van der Waals surface area contributed by atoms with Crippen LogP contribution in [0.2, 0.25) is 0 Å². The number of nitrogens with two attached hydrogens (primary N) is 1. The zero-order valence-electron chi connectivity index (χ0n) is 7.86. The summed E-state index contributed by atoms with van der Waals surface area (Å²) in [5.74, 6) is 0. The average Bonchev–Trinajstić information content (AvgIpc) is 2.04.